The van der Waals surface area contributed by atoms with Crippen molar-refractivity contribution in [2.45, 2.75) is 43.5 Å². The van der Waals surface area contributed by atoms with Crippen molar-refractivity contribution in [2.24, 2.45) is 0 Å². The predicted octanol–water partition coefficient (Wildman–Crippen LogP) is 4.61. The number of hydrogen-bond donors (Lipinski definition) is 2. The average molecular weight is 757 g/mol. The zero-order valence-corrected chi connectivity index (χ0v) is 31.0. The number of aromatic hydroxyl groups is 1. The first-order valence-corrected chi connectivity index (χ1v) is 19.2. The summed E-state index contributed by atoms with van der Waals surface area (Å²) in [6, 6.07) is 25.9. The van der Waals surface area contributed by atoms with Gasteiger partial charge in [0, 0.05) is 43.2 Å². The van der Waals surface area contributed by atoms with Crippen LogP contribution in [0.15, 0.2) is 121 Å². The van der Waals surface area contributed by atoms with Crippen LogP contribution in [0.25, 0.3) is 10.9 Å². The Balaban J connectivity index is 1.27. The molecule has 12 nitrogen and oxygen atoms in total. The van der Waals surface area contributed by atoms with Crippen molar-refractivity contribution in [1.82, 2.24) is 29.1 Å². The number of benzene rings is 4. The van der Waals surface area contributed by atoms with E-state index >= 15 is 0 Å². The minimum atomic E-state index is -4.01. The van der Waals surface area contributed by atoms with E-state index in [0.717, 1.165) is 11.1 Å². The molecule has 4 amide bonds. The Kier molecular flexibility index (Phi) is 10.2. The summed E-state index contributed by atoms with van der Waals surface area (Å²) < 4.78 is 29.2. The van der Waals surface area contributed by atoms with Crippen molar-refractivity contribution in [1.29, 1.82) is 0 Å². The van der Waals surface area contributed by atoms with E-state index in [1.165, 1.54) is 32.2 Å². The monoisotopic (exact) mass is 756 g/mol. The lowest BCUT2D eigenvalue weighted by Gasteiger charge is -2.55. The highest BCUT2D eigenvalue weighted by Gasteiger charge is 2.51. The van der Waals surface area contributed by atoms with Crippen LogP contribution < -0.4 is 5.32 Å². The molecule has 5 aromatic rings. The lowest BCUT2D eigenvalue weighted by Crippen LogP contribution is -2.76. The number of rotatable bonds is 10. The van der Waals surface area contributed by atoms with Crippen LogP contribution in [-0.4, -0.2) is 87.0 Å². The second kappa shape index (κ2) is 15.2. The van der Waals surface area contributed by atoms with Gasteiger partial charge in [0.25, 0.3) is 10.0 Å². The molecule has 2 N–H and O–H groups in total. The minimum absolute atomic E-state index is 0.00728. The maximum absolute atomic E-state index is 14.7. The standard InChI is InChI=1S/C42H40N6O6S/c1-4-22-45-28-39(50)47-37(24-31-15-17-35(49)18-16-31)41(51)44(27-38(47)48(45)42(52)43-25-32-13-11-30(5-2)12-14-32)26-34-8-6-7-33-21-23-46(40(33)34)55(53,54)36-19-9-29(3)10-20-36/h2,4,6-21,23,37-38,49H,1,22,24-28H2,3H3,(H,43,52)/t37-,38-/m0/s1. The van der Waals surface area contributed by atoms with Crippen molar-refractivity contribution in [3.05, 3.63) is 144 Å². The number of aromatic nitrogens is 1. The van der Waals surface area contributed by atoms with Crippen LogP contribution in [0.1, 0.15) is 27.8 Å². The van der Waals surface area contributed by atoms with E-state index in [2.05, 4.69) is 17.8 Å². The van der Waals surface area contributed by atoms with Gasteiger partial charge in [0.15, 0.2) is 0 Å². The Morgan fingerprint density at radius 1 is 0.982 bits per heavy atom. The molecule has 2 fully saturated rings. The van der Waals surface area contributed by atoms with Crippen molar-refractivity contribution in [3.63, 3.8) is 0 Å². The van der Waals surface area contributed by atoms with Gasteiger partial charge in [-0.2, -0.15) is 0 Å². The Morgan fingerprint density at radius 3 is 2.38 bits per heavy atom. The van der Waals surface area contributed by atoms with E-state index in [1.54, 1.807) is 82.7 Å². The third-order valence-corrected chi connectivity index (χ3v) is 11.7. The van der Waals surface area contributed by atoms with Crippen LogP contribution in [0.5, 0.6) is 5.75 Å². The number of carbonyl (C=O) groups is 3. The third-order valence-electron chi connectivity index (χ3n) is 10.0. The van der Waals surface area contributed by atoms with Gasteiger partial charge in [-0.3, -0.25) is 9.59 Å². The largest absolute Gasteiger partial charge is 0.508 e. The topological polar surface area (TPSA) is 136 Å². The van der Waals surface area contributed by atoms with Crippen LogP contribution in [0, 0.1) is 19.3 Å². The zero-order chi connectivity index (χ0) is 38.9. The molecule has 4 aromatic carbocycles. The van der Waals surface area contributed by atoms with Crippen molar-refractivity contribution < 1.29 is 27.9 Å². The lowest BCUT2D eigenvalue weighted by molar-refractivity contribution is -0.189. The number of phenolic OH excluding ortho intramolecular Hbond substituents is 1. The first-order chi connectivity index (χ1) is 26.5. The van der Waals surface area contributed by atoms with Gasteiger partial charge < -0.3 is 20.2 Å². The Bertz CT molecular complexity index is 2420. The summed E-state index contributed by atoms with van der Waals surface area (Å²) >= 11 is 0. The van der Waals surface area contributed by atoms with Gasteiger partial charge in [-0.05, 0) is 66.1 Å². The van der Waals surface area contributed by atoms with Gasteiger partial charge in [-0.1, -0.05) is 72.2 Å². The van der Waals surface area contributed by atoms with E-state index in [0.29, 0.717) is 27.6 Å². The molecule has 0 spiro atoms. The molecule has 280 valence electrons. The SMILES string of the molecule is C#Cc1ccc(CNC(=O)N2[C@H]3CN(Cc4cccc5ccn(S(=O)(=O)c6ccc(C)cc6)c45)C(=O)[C@H](Cc4ccc(O)cc4)N3C(=O)CN2CC=C)cc1. The number of aryl methyl sites for hydroxylation is 1. The highest BCUT2D eigenvalue weighted by molar-refractivity contribution is 7.90. The number of nitrogens with one attached hydrogen (secondary N) is 1. The number of phenols is 1. The number of terminal acetylenes is 1. The molecule has 2 aliphatic rings. The van der Waals surface area contributed by atoms with Crippen LogP contribution in [0.3, 0.4) is 0 Å². The maximum atomic E-state index is 14.7. The average Bonchev–Trinajstić information content (AvgIpc) is 3.63. The molecule has 0 radical (unpaired) electrons. The zero-order valence-electron chi connectivity index (χ0n) is 30.2. The van der Waals surface area contributed by atoms with Gasteiger partial charge in [-0.15, -0.1) is 13.0 Å². The Labute approximate surface area is 319 Å². The summed E-state index contributed by atoms with van der Waals surface area (Å²) in [5.41, 5.74) is 4.14. The molecule has 0 saturated carbocycles. The molecular weight excluding hydrogens is 717 g/mol. The van der Waals surface area contributed by atoms with Crippen molar-refractivity contribution >= 4 is 38.8 Å². The third kappa shape index (κ3) is 7.29. The Morgan fingerprint density at radius 2 is 1.69 bits per heavy atom. The van der Waals surface area contributed by atoms with E-state index in [1.807, 2.05) is 25.1 Å². The number of para-hydroxylation sites is 1. The molecule has 2 saturated heterocycles. The highest BCUT2D eigenvalue weighted by Crippen LogP contribution is 2.32. The van der Waals surface area contributed by atoms with Gasteiger partial charge in [0.05, 0.1) is 23.5 Å². The quantitative estimate of drug-likeness (QED) is 0.157. The molecular formula is C42H40N6O6S. The number of urea groups is 1. The van der Waals surface area contributed by atoms with Gasteiger partial charge in [0.2, 0.25) is 11.8 Å². The number of hydrazine groups is 1. The molecule has 0 unspecified atom stereocenters. The second-order valence-corrected chi connectivity index (χ2v) is 15.5. The van der Waals surface area contributed by atoms with E-state index in [4.69, 9.17) is 6.42 Å². The number of hydrogen-bond acceptors (Lipinski definition) is 7. The summed E-state index contributed by atoms with van der Waals surface area (Å²) in [5, 5.41) is 16.7. The molecule has 2 atom stereocenters. The highest BCUT2D eigenvalue weighted by atomic mass is 32.2. The van der Waals surface area contributed by atoms with Crippen LogP contribution >= 0.6 is 0 Å². The maximum Gasteiger partial charge on any atom is 0.334 e. The fraction of sp³-hybridized carbons (Fsp3) is 0.214. The predicted molar refractivity (Wildman–Crippen MR) is 208 cm³/mol. The molecule has 13 heteroatoms. The summed E-state index contributed by atoms with van der Waals surface area (Å²) in [4.78, 5) is 46.1. The molecule has 2 aliphatic heterocycles. The second-order valence-electron chi connectivity index (χ2n) is 13.7. The fourth-order valence-corrected chi connectivity index (χ4v) is 8.66. The number of amides is 4. The summed E-state index contributed by atoms with van der Waals surface area (Å²) in [7, 11) is -4.01. The smallest absolute Gasteiger partial charge is 0.334 e. The van der Waals surface area contributed by atoms with E-state index in [9.17, 15) is 27.9 Å². The van der Waals surface area contributed by atoms with E-state index < -0.39 is 28.3 Å². The molecule has 7 rings (SSSR count). The Hall–Kier alpha value is -6.36. The van der Waals surface area contributed by atoms with Crippen LogP contribution in [0.2, 0.25) is 0 Å². The lowest BCUT2D eigenvalue weighted by atomic mass is 9.98. The van der Waals surface area contributed by atoms with Gasteiger partial charge in [0.1, 0.15) is 18.0 Å². The molecule has 0 aliphatic carbocycles. The van der Waals surface area contributed by atoms with Gasteiger partial charge in [-0.25, -0.2) is 27.2 Å². The number of fused-ring (bicyclic) bond motifs is 2. The number of nitrogens with zero attached hydrogens (tertiary/aromatic N) is 5. The molecule has 1 aromatic heterocycles. The summed E-state index contributed by atoms with van der Waals surface area (Å²) in [6.07, 6.45) is 7.81. The first kappa shape index (κ1) is 37.0. The molecule has 55 heavy (non-hydrogen) atoms. The molecule has 3 heterocycles. The van der Waals surface area contributed by atoms with Crippen LogP contribution in [0.4, 0.5) is 4.79 Å². The minimum Gasteiger partial charge on any atom is -0.508 e. The fourth-order valence-electron chi connectivity index (χ4n) is 7.27. The van der Waals surface area contributed by atoms with Crippen molar-refractivity contribution in [2.75, 3.05) is 19.6 Å². The summed E-state index contributed by atoms with van der Waals surface area (Å²) in [6.45, 7) is 5.85. The number of piperazine rings is 1. The summed E-state index contributed by atoms with van der Waals surface area (Å²) in [5.74, 6) is 1.94. The van der Waals surface area contributed by atoms with Crippen LogP contribution in [-0.2, 0) is 39.1 Å². The number of carbonyl (C=O) groups excluding carboxylic acids is 3. The van der Waals surface area contributed by atoms with Crippen molar-refractivity contribution in [3.8, 4) is 18.1 Å². The normalized spacial score (nSPS) is 17.6. The first-order valence-electron chi connectivity index (χ1n) is 17.8. The molecule has 0 bridgehead atoms. The van der Waals surface area contributed by atoms with Gasteiger partial charge >= 0.3 is 6.03 Å². The van der Waals surface area contributed by atoms with E-state index in [-0.39, 0.29) is 61.6 Å².